The van der Waals surface area contributed by atoms with Crippen molar-refractivity contribution >= 4 is 11.9 Å². The lowest BCUT2D eigenvalue weighted by Gasteiger charge is -2.13. The van der Waals surface area contributed by atoms with E-state index in [1.807, 2.05) is 0 Å². The van der Waals surface area contributed by atoms with Gasteiger partial charge in [0.2, 0.25) is 0 Å². The summed E-state index contributed by atoms with van der Waals surface area (Å²) in [6.07, 6.45) is 6.10. The average molecular weight is 320 g/mol. The van der Waals surface area contributed by atoms with Crippen molar-refractivity contribution in [2.24, 2.45) is 0 Å². The highest BCUT2D eigenvalue weighted by molar-refractivity contribution is 6.04. The zero-order valence-electron chi connectivity index (χ0n) is 12.4. The number of nitrogens with zero attached hydrogens (tertiary/aromatic N) is 2. The molecule has 0 saturated carbocycles. The molecule has 0 amide bonds. The Kier molecular flexibility index (Phi) is 4.03. The number of carboxylic acids is 2. The van der Waals surface area contributed by atoms with Crippen LogP contribution in [0.1, 0.15) is 20.7 Å². The number of aromatic carboxylic acids is 2. The van der Waals surface area contributed by atoms with Crippen LogP contribution in [0.5, 0.6) is 0 Å². The molecule has 2 N–H and O–H groups in total. The van der Waals surface area contributed by atoms with Gasteiger partial charge in [-0.2, -0.15) is 0 Å². The van der Waals surface area contributed by atoms with Crippen LogP contribution in [0.15, 0.2) is 61.2 Å². The van der Waals surface area contributed by atoms with Gasteiger partial charge in [-0.05, 0) is 58.7 Å². The first-order valence-electron chi connectivity index (χ1n) is 7.03. The van der Waals surface area contributed by atoms with Crippen LogP contribution < -0.4 is 0 Å². The summed E-state index contributed by atoms with van der Waals surface area (Å²) in [5.41, 5.74) is 1.90. The highest BCUT2D eigenvalue weighted by Crippen LogP contribution is 2.32. The minimum Gasteiger partial charge on any atom is -0.478 e. The Bertz CT molecular complexity index is 832. The maximum absolute atomic E-state index is 11.7. The second-order valence-electron chi connectivity index (χ2n) is 5.03. The molecule has 118 valence electrons. The zero-order chi connectivity index (χ0) is 17.1. The number of aromatic nitrogens is 2. The number of carbonyl (C=O) groups is 2. The SMILES string of the molecule is O=C(O)c1cc(-c2ccncc2)c(C(=O)O)cc1-c1ccncc1. The molecule has 0 radical (unpaired) electrons. The number of hydrogen-bond donors (Lipinski definition) is 2. The fourth-order valence-corrected chi connectivity index (χ4v) is 2.49. The van der Waals surface area contributed by atoms with Crippen LogP contribution in [0.3, 0.4) is 0 Å². The summed E-state index contributed by atoms with van der Waals surface area (Å²) in [5, 5.41) is 19.1. The van der Waals surface area contributed by atoms with E-state index in [2.05, 4.69) is 9.97 Å². The average Bonchev–Trinajstić information content (AvgIpc) is 2.62. The third-order valence-electron chi connectivity index (χ3n) is 3.60. The van der Waals surface area contributed by atoms with E-state index in [4.69, 9.17) is 0 Å². The lowest BCUT2D eigenvalue weighted by molar-refractivity contribution is 0.0682. The summed E-state index contributed by atoms with van der Waals surface area (Å²) < 4.78 is 0. The minimum atomic E-state index is -1.13. The number of pyridine rings is 2. The topological polar surface area (TPSA) is 100 Å². The predicted molar refractivity (Wildman–Crippen MR) is 86.8 cm³/mol. The smallest absolute Gasteiger partial charge is 0.336 e. The monoisotopic (exact) mass is 320 g/mol. The number of carboxylic acid groups (broad SMARTS) is 2. The molecule has 0 spiro atoms. The van der Waals surface area contributed by atoms with Gasteiger partial charge in [-0.1, -0.05) is 0 Å². The van der Waals surface area contributed by atoms with Crippen LogP contribution >= 0.6 is 0 Å². The van der Waals surface area contributed by atoms with Gasteiger partial charge in [0.15, 0.2) is 0 Å². The molecule has 2 aromatic heterocycles. The van der Waals surface area contributed by atoms with Gasteiger partial charge in [0.25, 0.3) is 0 Å². The van der Waals surface area contributed by atoms with E-state index >= 15 is 0 Å². The van der Waals surface area contributed by atoms with E-state index in [1.165, 1.54) is 36.9 Å². The molecule has 0 fully saturated rings. The van der Waals surface area contributed by atoms with Gasteiger partial charge in [0.1, 0.15) is 0 Å². The van der Waals surface area contributed by atoms with Gasteiger partial charge in [-0.15, -0.1) is 0 Å². The predicted octanol–water partition coefficient (Wildman–Crippen LogP) is 3.21. The van der Waals surface area contributed by atoms with Crippen LogP contribution in [-0.4, -0.2) is 32.1 Å². The molecule has 2 heterocycles. The first-order valence-corrected chi connectivity index (χ1v) is 7.03. The Morgan fingerprint density at radius 3 is 1.29 bits per heavy atom. The van der Waals surface area contributed by atoms with Gasteiger partial charge in [-0.25, -0.2) is 9.59 Å². The third-order valence-corrected chi connectivity index (χ3v) is 3.60. The number of rotatable bonds is 4. The van der Waals surface area contributed by atoms with Gasteiger partial charge in [-0.3, -0.25) is 9.97 Å². The Balaban J connectivity index is 2.32. The van der Waals surface area contributed by atoms with Crippen LogP contribution in [-0.2, 0) is 0 Å². The molecule has 0 atom stereocenters. The van der Waals surface area contributed by atoms with Gasteiger partial charge >= 0.3 is 11.9 Å². The maximum atomic E-state index is 11.7. The van der Waals surface area contributed by atoms with Crippen molar-refractivity contribution in [1.29, 1.82) is 0 Å². The van der Waals surface area contributed by atoms with Gasteiger partial charge in [0.05, 0.1) is 11.1 Å². The molecular formula is C18H12N2O4. The molecule has 6 heteroatoms. The molecular weight excluding hydrogens is 308 g/mol. The van der Waals surface area contributed by atoms with Crippen LogP contribution in [0.4, 0.5) is 0 Å². The van der Waals surface area contributed by atoms with Crippen LogP contribution in [0, 0.1) is 0 Å². The van der Waals surface area contributed by atoms with E-state index < -0.39 is 11.9 Å². The van der Waals surface area contributed by atoms with Crippen molar-refractivity contribution < 1.29 is 19.8 Å². The highest BCUT2D eigenvalue weighted by Gasteiger charge is 2.20. The molecule has 0 bridgehead atoms. The van der Waals surface area contributed by atoms with E-state index in [1.54, 1.807) is 24.3 Å². The van der Waals surface area contributed by atoms with E-state index in [-0.39, 0.29) is 11.1 Å². The standard InChI is InChI=1S/C18H12N2O4/c21-17(22)15-10-14(12-3-7-20-8-4-12)16(18(23)24)9-13(15)11-1-5-19-6-2-11/h1-10H,(H,21,22)(H,23,24). The molecule has 6 nitrogen and oxygen atoms in total. The summed E-state index contributed by atoms with van der Waals surface area (Å²) >= 11 is 0. The Morgan fingerprint density at radius 1 is 0.667 bits per heavy atom. The second-order valence-corrected chi connectivity index (χ2v) is 5.03. The zero-order valence-corrected chi connectivity index (χ0v) is 12.4. The summed E-state index contributed by atoms with van der Waals surface area (Å²) in [5.74, 6) is -2.26. The number of hydrogen-bond acceptors (Lipinski definition) is 4. The van der Waals surface area contributed by atoms with Gasteiger partial charge in [0, 0.05) is 24.8 Å². The quantitative estimate of drug-likeness (QED) is 0.765. The van der Waals surface area contributed by atoms with Crippen LogP contribution in [0.25, 0.3) is 22.3 Å². The third kappa shape index (κ3) is 2.85. The molecule has 3 aromatic rings. The lowest BCUT2D eigenvalue weighted by Crippen LogP contribution is -2.06. The first kappa shape index (κ1) is 15.4. The number of benzene rings is 1. The molecule has 0 aliphatic rings. The fourth-order valence-electron chi connectivity index (χ4n) is 2.49. The molecule has 3 rings (SSSR count). The van der Waals surface area contributed by atoms with Crippen molar-refractivity contribution in [1.82, 2.24) is 9.97 Å². The summed E-state index contributed by atoms with van der Waals surface area (Å²) in [6.45, 7) is 0. The van der Waals surface area contributed by atoms with Crippen LogP contribution in [0.2, 0.25) is 0 Å². The van der Waals surface area contributed by atoms with Crippen molar-refractivity contribution in [3.8, 4) is 22.3 Å². The fraction of sp³-hybridized carbons (Fsp3) is 0. The summed E-state index contributed by atoms with van der Waals surface area (Å²) in [6, 6.07) is 9.33. The Morgan fingerprint density at radius 2 is 1.00 bits per heavy atom. The van der Waals surface area contributed by atoms with E-state index in [0.29, 0.717) is 22.3 Å². The Hall–Kier alpha value is -3.54. The van der Waals surface area contributed by atoms with Gasteiger partial charge < -0.3 is 10.2 Å². The molecule has 0 saturated heterocycles. The van der Waals surface area contributed by atoms with E-state index in [0.717, 1.165) is 0 Å². The maximum Gasteiger partial charge on any atom is 0.336 e. The molecule has 1 aromatic carbocycles. The minimum absolute atomic E-state index is 0.0259. The molecule has 0 aliphatic carbocycles. The van der Waals surface area contributed by atoms with Crippen molar-refractivity contribution in [3.05, 3.63) is 72.3 Å². The first-order chi connectivity index (χ1) is 11.6. The lowest BCUT2D eigenvalue weighted by atomic mass is 9.91. The van der Waals surface area contributed by atoms with Crippen molar-refractivity contribution in [2.45, 2.75) is 0 Å². The normalized spacial score (nSPS) is 10.3. The largest absolute Gasteiger partial charge is 0.478 e. The second kappa shape index (κ2) is 6.29. The van der Waals surface area contributed by atoms with E-state index in [9.17, 15) is 19.8 Å². The van der Waals surface area contributed by atoms with Crippen molar-refractivity contribution in [2.75, 3.05) is 0 Å². The Labute approximate surface area is 137 Å². The molecule has 0 aliphatic heterocycles. The highest BCUT2D eigenvalue weighted by atomic mass is 16.4. The molecule has 24 heavy (non-hydrogen) atoms. The molecule has 0 unspecified atom stereocenters. The summed E-state index contributed by atoms with van der Waals surface area (Å²) in [4.78, 5) is 31.2. The van der Waals surface area contributed by atoms with Crippen molar-refractivity contribution in [3.63, 3.8) is 0 Å². The summed E-state index contributed by atoms with van der Waals surface area (Å²) in [7, 11) is 0.